The van der Waals surface area contributed by atoms with Crippen molar-refractivity contribution in [2.45, 2.75) is 25.3 Å². The molecule has 0 saturated carbocycles. The fourth-order valence-corrected chi connectivity index (χ4v) is 4.91. The summed E-state index contributed by atoms with van der Waals surface area (Å²) in [6.07, 6.45) is 4.65. The molecule has 0 N–H and O–H groups in total. The second-order valence-corrected chi connectivity index (χ2v) is 8.00. The SMILES string of the molecule is CC(C)c1cc([Si]C2C=Cc3ccccc32)c2ccccc2c1. The van der Waals surface area contributed by atoms with Crippen molar-refractivity contribution in [1.82, 2.24) is 0 Å². The van der Waals surface area contributed by atoms with Crippen LogP contribution < -0.4 is 5.19 Å². The van der Waals surface area contributed by atoms with Gasteiger partial charge in [-0.05, 0) is 38.9 Å². The van der Waals surface area contributed by atoms with E-state index in [2.05, 4.69) is 86.7 Å². The van der Waals surface area contributed by atoms with Gasteiger partial charge >= 0.3 is 0 Å². The zero-order valence-electron chi connectivity index (χ0n) is 13.6. The maximum Gasteiger partial charge on any atom is 0.0949 e. The van der Waals surface area contributed by atoms with Crippen molar-refractivity contribution in [2.24, 2.45) is 0 Å². The molecule has 1 atom stereocenters. The normalized spacial score (nSPS) is 16.2. The first kappa shape index (κ1) is 14.5. The summed E-state index contributed by atoms with van der Waals surface area (Å²) in [6.45, 7) is 4.56. The summed E-state index contributed by atoms with van der Waals surface area (Å²) >= 11 is 0. The second kappa shape index (κ2) is 5.82. The zero-order chi connectivity index (χ0) is 15.8. The second-order valence-electron chi connectivity index (χ2n) is 6.55. The van der Waals surface area contributed by atoms with Crippen LogP contribution in [0.3, 0.4) is 0 Å². The molecular formula is C22H20Si. The van der Waals surface area contributed by atoms with Crippen LogP contribution in [0.25, 0.3) is 16.8 Å². The average Bonchev–Trinajstić information content (AvgIpc) is 2.98. The van der Waals surface area contributed by atoms with Crippen LogP contribution in [-0.4, -0.2) is 9.52 Å². The molecule has 1 unspecified atom stereocenters. The molecule has 0 spiro atoms. The lowest BCUT2D eigenvalue weighted by Crippen LogP contribution is -2.22. The maximum atomic E-state index is 2.43. The van der Waals surface area contributed by atoms with Crippen molar-refractivity contribution in [1.29, 1.82) is 0 Å². The van der Waals surface area contributed by atoms with Crippen LogP contribution in [-0.2, 0) is 0 Å². The van der Waals surface area contributed by atoms with Crippen LogP contribution in [0.1, 0.15) is 42.0 Å². The smallest absolute Gasteiger partial charge is 0.0792 e. The van der Waals surface area contributed by atoms with Gasteiger partial charge in [0.1, 0.15) is 0 Å². The van der Waals surface area contributed by atoms with Crippen molar-refractivity contribution < 1.29 is 0 Å². The van der Waals surface area contributed by atoms with E-state index in [-0.39, 0.29) is 0 Å². The summed E-state index contributed by atoms with van der Waals surface area (Å²) in [6, 6.07) is 22.4. The van der Waals surface area contributed by atoms with Gasteiger partial charge in [-0.3, -0.25) is 0 Å². The highest BCUT2D eigenvalue weighted by atomic mass is 28.2. The van der Waals surface area contributed by atoms with Crippen LogP contribution >= 0.6 is 0 Å². The third kappa shape index (κ3) is 2.66. The van der Waals surface area contributed by atoms with E-state index in [9.17, 15) is 0 Å². The lowest BCUT2D eigenvalue weighted by molar-refractivity contribution is 0.869. The molecule has 3 aromatic rings. The summed E-state index contributed by atoms with van der Waals surface area (Å²) in [7, 11) is 0.781. The number of benzene rings is 3. The van der Waals surface area contributed by atoms with Gasteiger partial charge in [0, 0.05) is 0 Å². The molecule has 4 rings (SSSR count). The predicted octanol–water partition coefficient (Wildman–Crippen LogP) is 5.06. The molecule has 0 amide bonds. The quantitative estimate of drug-likeness (QED) is 0.593. The largest absolute Gasteiger partial charge is 0.0949 e. The van der Waals surface area contributed by atoms with E-state index >= 15 is 0 Å². The van der Waals surface area contributed by atoms with E-state index in [0.717, 1.165) is 9.52 Å². The fraction of sp³-hybridized carbons (Fsp3) is 0.182. The minimum atomic E-state index is 0.525. The Balaban J connectivity index is 1.79. The van der Waals surface area contributed by atoms with Crippen molar-refractivity contribution in [2.75, 3.05) is 0 Å². The standard InChI is InChI=1S/C22H20Si/c1-15(2)18-13-17-8-4-6-10-20(17)22(14-18)23-21-12-11-16-7-3-5-9-19(16)21/h3-15,21H,1-2H3. The molecule has 2 radical (unpaired) electrons. The van der Waals surface area contributed by atoms with E-state index in [1.807, 2.05) is 0 Å². The molecule has 0 fully saturated rings. The molecule has 1 heteroatoms. The van der Waals surface area contributed by atoms with Crippen molar-refractivity contribution in [3.8, 4) is 0 Å². The van der Waals surface area contributed by atoms with Crippen LogP contribution in [0.4, 0.5) is 0 Å². The summed E-state index contributed by atoms with van der Waals surface area (Å²) in [5.74, 6) is 0.564. The van der Waals surface area contributed by atoms with Gasteiger partial charge < -0.3 is 0 Å². The Hall–Kier alpha value is -2.12. The molecule has 1 aliphatic rings. The zero-order valence-corrected chi connectivity index (χ0v) is 14.6. The van der Waals surface area contributed by atoms with Crippen molar-refractivity contribution in [3.05, 3.63) is 83.4 Å². The van der Waals surface area contributed by atoms with Gasteiger partial charge in [-0.15, -0.1) is 0 Å². The number of rotatable bonds is 3. The summed E-state index contributed by atoms with van der Waals surface area (Å²) in [5, 5.41) is 4.28. The first-order valence-corrected chi connectivity index (χ1v) is 9.36. The van der Waals surface area contributed by atoms with Gasteiger partial charge in [-0.25, -0.2) is 0 Å². The van der Waals surface area contributed by atoms with Gasteiger partial charge in [0.2, 0.25) is 0 Å². The molecule has 1 aliphatic carbocycles. The van der Waals surface area contributed by atoms with Crippen LogP contribution in [0.5, 0.6) is 0 Å². The molecule has 3 aromatic carbocycles. The molecule has 112 valence electrons. The third-order valence-electron chi connectivity index (χ3n) is 4.66. The van der Waals surface area contributed by atoms with E-state index in [1.54, 1.807) is 0 Å². The van der Waals surface area contributed by atoms with E-state index in [4.69, 9.17) is 0 Å². The topological polar surface area (TPSA) is 0 Å². The lowest BCUT2D eigenvalue weighted by atomic mass is 9.99. The fourth-order valence-electron chi connectivity index (χ4n) is 3.33. The van der Waals surface area contributed by atoms with Gasteiger partial charge in [0.15, 0.2) is 0 Å². The third-order valence-corrected chi connectivity index (χ3v) is 6.20. The van der Waals surface area contributed by atoms with Crippen LogP contribution in [0.2, 0.25) is 0 Å². The predicted molar refractivity (Wildman–Crippen MR) is 102 cm³/mol. The molecule has 0 aromatic heterocycles. The lowest BCUT2D eigenvalue weighted by Gasteiger charge is -2.15. The summed E-state index contributed by atoms with van der Waals surface area (Å²) in [4.78, 5) is 0. The highest BCUT2D eigenvalue weighted by Gasteiger charge is 2.19. The van der Waals surface area contributed by atoms with Gasteiger partial charge in [0.05, 0.1) is 9.52 Å². The van der Waals surface area contributed by atoms with Crippen molar-refractivity contribution in [3.63, 3.8) is 0 Å². The number of allylic oxidation sites excluding steroid dienone is 1. The first-order valence-electron chi connectivity index (χ1n) is 8.29. The number of hydrogen-bond donors (Lipinski definition) is 0. The Labute approximate surface area is 140 Å². The van der Waals surface area contributed by atoms with Crippen molar-refractivity contribution >= 4 is 31.6 Å². The Morgan fingerprint density at radius 1 is 0.913 bits per heavy atom. The van der Waals surface area contributed by atoms with Gasteiger partial charge in [-0.2, -0.15) is 0 Å². The maximum absolute atomic E-state index is 2.43. The minimum absolute atomic E-state index is 0.525. The Morgan fingerprint density at radius 3 is 2.57 bits per heavy atom. The Morgan fingerprint density at radius 2 is 1.70 bits per heavy atom. The Kier molecular flexibility index (Phi) is 3.66. The van der Waals surface area contributed by atoms with Crippen LogP contribution in [0, 0.1) is 0 Å². The molecule has 0 heterocycles. The molecule has 23 heavy (non-hydrogen) atoms. The molecule has 0 nitrogen and oxygen atoms in total. The van der Waals surface area contributed by atoms with Gasteiger partial charge in [-0.1, -0.05) is 91.8 Å². The van der Waals surface area contributed by atoms with E-state index < -0.39 is 0 Å². The summed E-state index contributed by atoms with van der Waals surface area (Å²) in [5.41, 5.74) is 4.83. The highest BCUT2D eigenvalue weighted by molar-refractivity contribution is 6.59. The number of fused-ring (bicyclic) bond motifs is 2. The molecule has 0 bridgehead atoms. The average molecular weight is 312 g/mol. The molecule has 0 saturated heterocycles. The first-order chi connectivity index (χ1) is 11.2. The summed E-state index contributed by atoms with van der Waals surface area (Å²) < 4.78 is 0. The van der Waals surface area contributed by atoms with E-state index in [1.165, 1.54) is 32.6 Å². The molecule has 0 aliphatic heterocycles. The number of hydrogen-bond acceptors (Lipinski definition) is 0. The molecular weight excluding hydrogens is 292 g/mol. The van der Waals surface area contributed by atoms with Crippen LogP contribution in [0.15, 0.2) is 66.7 Å². The highest BCUT2D eigenvalue weighted by Crippen LogP contribution is 2.29. The monoisotopic (exact) mass is 312 g/mol. The minimum Gasteiger partial charge on any atom is -0.0792 e. The van der Waals surface area contributed by atoms with Gasteiger partial charge in [0.25, 0.3) is 0 Å². The van der Waals surface area contributed by atoms with E-state index in [0.29, 0.717) is 11.5 Å². The Bertz CT molecular complexity index is 889.